The highest BCUT2D eigenvalue weighted by molar-refractivity contribution is 7.45. The number of carbonyl (C=O) groups is 2. The summed E-state index contributed by atoms with van der Waals surface area (Å²) in [4.78, 5) is 38.2. The van der Waals surface area contributed by atoms with Crippen LogP contribution in [0.25, 0.3) is 0 Å². The van der Waals surface area contributed by atoms with Gasteiger partial charge in [0.2, 0.25) is 0 Å². The number of carbonyl (C=O) groups excluding carboxylic acids is 2. The van der Waals surface area contributed by atoms with Crippen LogP contribution in [0.2, 0.25) is 0 Å². The molecule has 0 rings (SSSR count). The summed E-state index contributed by atoms with van der Waals surface area (Å²) in [6, 6.07) is 0. The van der Waals surface area contributed by atoms with E-state index in [0.717, 1.165) is 103 Å². The van der Waals surface area contributed by atoms with E-state index in [2.05, 4.69) is 135 Å². The Balaban J connectivity index is 3.90. The van der Waals surface area contributed by atoms with Crippen molar-refractivity contribution in [3.8, 4) is 0 Å². The zero-order valence-corrected chi connectivity index (χ0v) is 67.0. The molecule has 0 bridgehead atoms. The second kappa shape index (κ2) is 79.5. The van der Waals surface area contributed by atoms with Crippen molar-refractivity contribution >= 4 is 19.8 Å². The van der Waals surface area contributed by atoms with Crippen molar-refractivity contribution in [1.82, 2.24) is 0 Å². The highest BCUT2D eigenvalue weighted by Gasteiger charge is 2.22. The normalized spacial score (nSPS) is 13.6. The smallest absolute Gasteiger partial charge is 0.306 e. The molecule has 0 heterocycles. The van der Waals surface area contributed by atoms with Gasteiger partial charge in [-0.2, -0.15) is 0 Å². The molecule has 0 saturated heterocycles. The fourth-order valence-corrected chi connectivity index (χ4v) is 12.9. The van der Waals surface area contributed by atoms with Crippen molar-refractivity contribution in [1.29, 1.82) is 0 Å². The number of esters is 2. The third-order valence-corrected chi connectivity index (χ3v) is 19.4. The van der Waals surface area contributed by atoms with E-state index < -0.39 is 26.5 Å². The second-order valence-electron chi connectivity index (χ2n) is 29.4. The molecule has 0 aliphatic heterocycles. The van der Waals surface area contributed by atoms with Crippen molar-refractivity contribution < 1.29 is 42.1 Å². The molecule has 10 heteroatoms. The Labute approximate surface area is 619 Å². The van der Waals surface area contributed by atoms with Crippen molar-refractivity contribution in [2.24, 2.45) is 0 Å². The van der Waals surface area contributed by atoms with Gasteiger partial charge in [-0.15, -0.1) is 0 Å². The maximum atomic E-state index is 12.9. The number of rotatable bonds is 78. The summed E-state index contributed by atoms with van der Waals surface area (Å²) in [5, 5.41) is 0. The Kier molecular flexibility index (Phi) is 76.7. The summed E-state index contributed by atoms with van der Waals surface area (Å²) in [5.74, 6) is -0.815. The van der Waals surface area contributed by atoms with Gasteiger partial charge in [0.25, 0.3) is 7.82 Å². The summed E-state index contributed by atoms with van der Waals surface area (Å²) in [7, 11) is 1.18. The van der Waals surface area contributed by atoms with Gasteiger partial charge in [-0.25, -0.2) is 0 Å². The van der Waals surface area contributed by atoms with Gasteiger partial charge in [0.15, 0.2) is 6.10 Å². The highest BCUT2D eigenvalue weighted by atomic mass is 31.2. The Morgan fingerprint density at radius 3 is 0.800 bits per heavy atom. The largest absolute Gasteiger partial charge is 0.756 e. The fraction of sp³-hybridized carbons (Fsp3) is 0.756. The minimum absolute atomic E-state index is 0.0311. The molecular weight excluding hydrogens is 1250 g/mol. The maximum absolute atomic E-state index is 12.9. The first-order valence-electron chi connectivity index (χ1n) is 42.2. The van der Waals surface area contributed by atoms with Crippen molar-refractivity contribution in [2.45, 2.75) is 392 Å². The van der Waals surface area contributed by atoms with Gasteiger partial charge in [-0.3, -0.25) is 14.2 Å². The molecule has 100 heavy (non-hydrogen) atoms. The highest BCUT2D eigenvalue weighted by Crippen LogP contribution is 2.38. The first-order valence-corrected chi connectivity index (χ1v) is 43.7. The number of allylic oxidation sites excluding steroid dienone is 20. The SMILES string of the molecule is CC/C=C\C/C=C\C/C=C\C/C=C\C/C=C\C/C=C\CCCCCCCCCCCCCCCCCCCCCCC(=O)OC(COC(=O)CCCCCCCCCCCCCCCCCCCCCCCCCC/C=C\C/C=C\C/C=C\C/C=C\CC)COP(=O)([O-])OCC[N+](C)(C)C. The first-order chi connectivity index (χ1) is 49.0. The number of hydrogen-bond acceptors (Lipinski definition) is 8. The summed E-state index contributed by atoms with van der Waals surface area (Å²) in [6.45, 7) is 4.07. The van der Waals surface area contributed by atoms with E-state index >= 15 is 0 Å². The van der Waals surface area contributed by atoms with Crippen LogP contribution in [0.5, 0.6) is 0 Å². The summed E-state index contributed by atoms with van der Waals surface area (Å²) < 4.78 is 34.5. The van der Waals surface area contributed by atoms with Crippen LogP contribution in [0.3, 0.4) is 0 Å². The number of nitrogens with zero attached hydrogens (tertiary/aromatic N) is 1. The lowest BCUT2D eigenvalue weighted by Crippen LogP contribution is -2.37. The molecule has 0 spiro atoms. The molecule has 0 fully saturated rings. The Morgan fingerprint density at radius 2 is 0.540 bits per heavy atom. The predicted molar refractivity (Wildman–Crippen MR) is 434 cm³/mol. The lowest BCUT2D eigenvalue weighted by molar-refractivity contribution is -0.870. The molecule has 0 radical (unpaired) electrons. The molecule has 578 valence electrons. The number of phosphoric acid groups is 1. The van der Waals surface area contributed by atoms with Gasteiger partial charge in [-0.1, -0.05) is 392 Å². The maximum Gasteiger partial charge on any atom is 0.306 e. The number of phosphoric ester groups is 1. The van der Waals surface area contributed by atoms with Crippen molar-refractivity contribution in [3.05, 3.63) is 122 Å². The lowest BCUT2D eigenvalue weighted by Gasteiger charge is -2.28. The van der Waals surface area contributed by atoms with Crippen LogP contribution >= 0.6 is 7.82 Å². The average Bonchev–Trinajstić information content (AvgIpc) is 1.07. The number of hydrogen-bond donors (Lipinski definition) is 0. The van der Waals surface area contributed by atoms with E-state index in [1.807, 2.05) is 21.1 Å². The minimum Gasteiger partial charge on any atom is -0.756 e. The van der Waals surface area contributed by atoms with Crippen LogP contribution in [0.1, 0.15) is 386 Å². The van der Waals surface area contributed by atoms with E-state index in [9.17, 15) is 19.0 Å². The van der Waals surface area contributed by atoms with Crippen LogP contribution in [0.4, 0.5) is 0 Å². The lowest BCUT2D eigenvalue weighted by atomic mass is 10.0. The molecule has 2 unspecified atom stereocenters. The third kappa shape index (κ3) is 83.4. The van der Waals surface area contributed by atoms with Gasteiger partial charge in [-0.05, 0) is 103 Å². The van der Waals surface area contributed by atoms with Crippen LogP contribution < -0.4 is 4.89 Å². The zero-order chi connectivity index (χ0) is 72.5. The average molecular weight is 1420 g/mol. The number of ether oxygens (including phenoxy) is 2. The summed E-state index contributed by atoms with van der Waals surface area (Å²) in [6.07, 6.45) is 115. The fourth-order valence-electron chi connectivity index (χ4n) is 12.1. The molecule has 0 N–H and O–H groups in total. The molecule has 0 aromatic rings. The van der Waals surface area contributed by atoms with Crippen molar-refractivity contribution in [3.63, 3.8) is 0 Å². The third-order valence-electron chi connectivity index (χ3n) is 18.5. The Bertz CT molecular complexity index is 2110. The van der Waals surface area contributed by atoms with Gasteiger partial charge < -0.3 is 27.9 Å². The van der Waals surface area contributed by atoms with Crippen LogP contribution in [-0.4, -0.2) is 70.0 Å². The topological polar surface area (TPSA) is 111 Å². The summed E-state index contributed by atoms with van der Waals surface area (Å²) in [5.41, 5.74) is 0. The van der Waals surface area contributed by atoms with Crippen LogP contribution in [0, 0.1) is 0 Å². The first kappa shape index (κ1) is 96.4. The quantitative estimate of drug-likeness (QED) is 0.0195. The van der Waals surface area contributed by atoms with E-state index in [1.54, 1.807) is 0 Å². The van der Waals surface area contributed by atoms with E-state index in [4.69, 9.17) is 18.5 Å². The van der Waals surface area contributed by atoms with Crippen molar-refractivity contribution in [2.75, 3.05) is 47.5 Å². The van der Waals surface area contributed by atoms with Gasteiger partial charge in [0.05, 0.1) is 27.7 Å². The predicted octanol–water partition coefficient (Wildman–Crippen LogP) is 27.9. The number of likely N-dealkylation sites (N-methyl/N-ethyl adjacent to an activating group) is 1. The van der Waals surface area contributed by atoms with E-state index in [-0.39, 0.29) is 32.0 Å². The molecule has 2 atom stereocenters. The molecule has 0 aliphatic carbocycles. The van der Waals surface area contributed by atoms with E-state index in [0.29, 0.717) is 17.4 Å². The standard InChI is InChI=1S/C90H160NO8P/c1-6-8-10-12-14-16-18-20-22-24-26-28-30-32-34-36-38-40-42-44-45-47-49-51-53-55-57-59-61-63-65-67-69-71-73-75-77-79-81-83-90(93)99-88(87-98-100(94,95)97-85-84-91(3,4)5)86-96-89(92)82-80-78-76-74-72-70-68-66-64-62-60-58-56-54-52-50-48-46-43-41-39-37-35-33-31-29-27-25-23-21-19-17-15-13-11-9-7-2/h8-11,14-17,20-23,26-29,32,34,38,40,88H,6-7,12-13,18-19,24-25,30-31,33,35-37,39,41-87H2,1-5H3/b10-8-,11-9-,16-14-,17-15-,22-20-,23-21-,28-26-,29-27-,34-32-,40-38-. The Morgan fingerprint density at radius 1 is 0.310 bits per heavy atom. The van der Waals surface area contributed by atoms with Gasteiger partial charge in [0, 0.05) is 12.8 Å². The molecular formula is C90H160NO8P. The molecule has 0 aromatic heterocycles. The second-order valence-corrected chi connectivity index (χ2v) is 30.8. The molecule has 0 amide bonds. The monoisotopic (exact) mass is 1410 g/mol. The molecule has 9 nitrogen and oxygen atoms in total. The van der Waals surface area contributed by atoms with Crippen LogP contribution in [-0.2, 0) is 32.7 Å². The van der Waals surface area contributed by atoms with E-state index in [1.165, 1.54) is 250 Å². The summed E-state index contributed by atoms with van der Waals surface area (Å²) >= 11 is 0. The Hall–Kier alpha value is -3.59. The zero-order valence-electron chi connectivity index (χ0n) is 66.1. The molecule has 0 aromatic carbocycles. The molecule has 0 saturated carbocycles. The minimum atomic E-state index is -4.65. The number of unbranched alkanes of at least 4 members (excludes halogenated alkanes) is 44. The van der Waals surface area contributed by atoms with Gasteiger partial charge in [0.1, 0.15) is 19.8 Å². The van der Waals surface area contributed by atoms with Crippen LogP contribution in [0.15, 0.2) is 122 Å². The van der Waals surface area contributed by atoms with Gasteiger partial charge >= 0.3 is 11.9 Å². The number of quaternary nitrogens is 1. The molecule has 0 aliphatic rings.